The summed E-state index contributed by atoms with van der Waals surface area (Å²) in [5, 5.41) is 12.2. The fourth-order valence-corrected chi connectivity index (χ4v) is 3.93. The average Bonchev–Trinajstić information content (AvgIpc) is 2.50. The highest BCUT2D eigenvalue weighted by molar-refractivity contribution is 5.97. The molecule has 140 valence electrons. The van der Waals surface area contributed by atoms with E-state index in [2.05, 4.69) is 40.7 Å². The van der Waals surface area contributed by atoms with E-state index in [-0.39, 0.29) is 11.7 Å². The van der Waals surface area contributed by atoms with Crippen molar-refractivity contribution in [1.29, 1.82) is 0 Å². The van der Waals surface area contributed by atoms with Gasteiger partial charge in [0.25, 0.3) is 0 Å². The first kappa shape index (κ1) is 20.0. The number of benzene rings is 2. The van der Waals surface area contributed by atoms with Crippen molar-refractivity contribution in [1.82, 2.24) is 0 Å². The number of phenols is 1. The Balaban J connectivity index is 2.79. The van der Waals surface area contributed by atoms with Crippen LogP contribution in [0.25, 0.3) is 10.8 Å². The number of allylic oxidation sites excluding steroid dienone is 2. The van der Waals surface area contributed by atoms with Crippen LogP contribution >= 0.6 is 0 Å². The second-order valence-electron chi connectivity index (χ2n) is 8.13. The van der Waals surface area contributed by atoms with Crippen LogP contribution in [-0.4, -0.2) is 11.1 Å². The molecule has 0 saturated carbocycles. The topological polar surface area (TPSA) is 46.5 Å². The lowest BCUT2D eigenvalue weighted by molar-refractivity contribution is -0.131. The van der Waals surface area contributed by atoms with Crippen LogP contribution in [0, 0.1) is 12.8 Å². The standard InChI is InChI=1S/C23H30O3/c1-14(2)12-15(3)13-23(6,7)20-16(4)21(25)18-10-8-9-11-19(18)22(20)26-17(5)24/h8-11,13-14,25H,12H2,1-7H3/b15-13+. The Bertz CT molecular complexity index is 857. The van der Waals surface area contributed by atoms with E-state index in [1.54, 1.807) is 0 Å². The first-order valence-electron chi connectivity index (χ1n) is 9.16. The predicted molar refractivity (Wildman–Crippen MR) is 108 cm³/mol. The molecule has 0 aliphatic heterocycles. The highest BCUT2D eigenvalue weighted by Gasteiger charge is 2.29. The molecule has 0 unspecified atom stereocenters. The number of rotatable bonds is 5. The van der Waals surface area contributed by atoms with Crippen LogP contribution in [0.1, 0.15) is 59.1 Å². The Labute approximate surface area is 156 Å². The van der Waals surface area contributed by atoms with Gasteiger partial charge in [-0.2, -0.15) is 0 Å². The van der Waals surface area contributed by atoms with Crippen LogP contribution in [0.4, 0.5) is 0 Å². The van der Waals surface area contributed by atoms with Gasteiger partial charge in [0.05, 0.1) is 0 Å². The van der Waals surface area contributed by atoms with Gasteiger partial charge in [-0.05, 0) is 31.7 Å². The summed E-state index contributed by atoms with van der Waals surface area (Å²) < 4.78 is 5.66. The molecule has 3 heteroatoms. The van der Waals surface area contributed by atoms with Gasteiger partial charge in [0, 0.05) is 28.7 Å². The fourth-order valence-electron chi connectivity index (χ4n) is 3.93. The summed E-state index contributed by atoms with van der Waals surface area (Å²) in [6, 6.07) is 7.50. The largest absolute Gasteiger partial charge is 0.507 e. The molecule has 0 atom stereocenters. The monoisotopic (exact) mass is 354 g/mol. The van der Waals surface area contributed by atoms with Crippen molar-refractivity contribution in [2.75, 3.05) is 0 Å². The minimum atomic E-state index is -0.394. The predicted octanol–water partition coefficient (Wildman–Crippen LogP) is 6.05. The lowest BCUT2D eigenvalue weighted by Crippen LogP contribution is -2.19. The zero-order chi connectivity index (χ0) is 19.6. The van der Waals surface area contributed by atoms with E-state index in [9.17, 15) is 9.90 Å². The number of hydrogen-bond acceptors (Lipinski definition) is 3. The number of carbonyl (C=O) groups excluding carboxylic acids is 1. The maximum atomic E-state index is 11.8. The van der Waals surface area contributed by atoms with Crippen LogP contribution in [0.2, 0.25) is 0 Å². The fraction of sp³-hybridized carbons (Fsp3) is 0.435. The molecule has 0 saturated heterocycles. The number of carbonyl (C=O) groups is 1. The van der Waals surface area contributed by atoms with Gasteiger partial charge in [-0.1, -0.05) is 63.6 Å². The molecule has 3 nitrogen and oxygen atoms in total. The summed E-state index contributed by atoms with van der Waals surface area (Å²) in [6.07, 6.45) is 3.22. The Morgan fingerprint density at radius 1 is 1.19 bits per heavy atom. The van der Waals surface area contributed by atoms with E-state index in [0.29, 0.717) is 17.1 Å². The number of hydrogen-bond donors (Lipinski definition) is 1. The van der Waals surface area contributed by atoms with Gasteiger partial charge in [-0.25, -0.2) is 0 Å². The molecule has 0 radical (unpaired) electrons. The van der Waals surface area contributed by atoms with Gasteiger partial charge in [-0.3, -0.25) is 4.79 Å². The van der Waals surface area contributed by atoms with Crippen LogP contribution in [-0.2, 0) is 10.2 Å². The summed E-state index contributed by atoms with van der Waals surface area (Å²) in [6.45, 7) is 14.0. The summed E-state index contributed by atoms with van der Waals surface area (Å²) in [5.74, 6) is 0.998. The normalized spacial score (nSPS) is 12.7. The van der Waals surface area contributed by atoms with Gasteiger partial charge in [0.1, 0.15) is 11.5 Å². The van der Waals surface area contributed by atoms with Crippen LogP contribution in [0.3, 0.4) is 0 Å². The average molecular weight is 354 g/mol. The number of fused-ring (bicyclic) bond motifs is 1. The van der Waals surface area contributed by atoms with E-state index in [0.717, 1.165) is 22.9 Å². The third-order valence-corrected chi connectivity index (χ3v) is 4.61. The molecule has 2 rings (SSSR count). The lowest BCUT2D eigenvalue weighted by atomic mass is 9.78. The van der Waals surface area contributed by atoms with Crippen molar-refractivity contribution in [2.24, 2.45) is 5.92 Å². The van der Waals surface area contributed by atoms with Crippen molar-refractivity contribution in [3.05, 3.63) is 47.0 Å². The van der Waals surface area contributed by atoms with Crippen molar-refractivity contribution < 1.29 is 14.6 Å². The SMILES string of the molecule is CC(=O)Oc1c(C(C)(C)/C=C(\C)CC(C)C)c(C)c(O)c2ccccc12. The van der Waals surface area contributed by atoms with E-state index in [1.807, 2.05) is 31.2 Å². The minimum absolute atomic E-state index is 0.245. The highest BCUT2D eigenvalue weighted by Crippen LogP contribution is 2.46. The summed E-state index contributed by atoms with van der Waals surface area (Å²) in [5.41, 5.74) is 2.49. The van der Waals surface area contributed by atoms with Crippen LogP contribution < -0.4 is 4.74 Å². The Hall–Kier alpha value is -2.29. The third-order valence-electron chi connectivity index (χ3n) is 4.61. The second-order valence-corrected chi connectivity index (χ2v) is 8.13. The molecular weight excluding hydrogens is 324 g/mol. The van der Waals surface area contributed by atoms with Crippen LogP contribution in [0.5, 0.6) is 11.5 Å². The molecule has 0 aromatic heterocycles. The first-order valence-corrected chi connectivity index (χ1v) is 9.16. The van der Waals surface area contributed by atoms with Gasteiger partial charge in [0.2, 0.25) is 0 Å². The van der Waals surface area contributed by atoms with Crippen molar-refractivity contribution in [3.63, 3.8) is 0 Å². The van der Waals surface area contributed by atoms with Crippen molar-refractivity contribution >= 4 is 16.7 Å². The zero-order valence-corrected chi connectivity index (χ0v) is 16.9. The number of esters is 1. The highest BCUT2D eigenvalue weighted by atomic mass is 16.5. The smallest absolute Gasteiger partial charge is 0.308 e. The first-order chi connectivity index (χ1) is 12.0. The summed E-state index contributed by atoms with van der Waals surface area (Å²) in [4.78, 5) is 11.8. The summed E-state index contributed by atoms with van der Waals surface area (Å²) in [7, 11) is 0. The molecule has 0 aliphatic rings. The zero-order valence-electron chi connectivity index (χ0n) is 16.9. The lowest BCUT2D eigenvalue weighted by Gasteiger charge is -2.29. The number of ether oxygens (including phenoxy) is 1. The second kappa shape index (κ2) is 7.53. The maximum absolute atomic E-state index is 11.8. The van der Waals surface area contributed by atoms with Gasteiger partial charge in [-0.15, -0.1) is 0 Å². The third kappa shape index (κ3) is 4.09. The molecule has 0 aliphatic carbocycles. The van der Waals surface area contributed by atoms with E-state index < -0.39 is 5.41 Å². The molecule has 0 spiro atoms. The maximum Gasteiger partial charge on any atom is 0.308 e. The molecule has 0 bridgehead atoms. The van der Waals surface area contributed by atoms with Gasteiger partial charge in [0.15, 0.2) is 0 Å². The molecule has 0 fully saturated rings. The molecule has 1 N–H and O–H groups in total. The molecule has 0 heterocycles. The van der Waals surface area contributed by atoms with E-state index in [1.165, 1.54) is 12.5 Å². The van der Waals surface area contributed by atoms with E-state index >= 15 is 0 Å². The minimum Gasteiger partial charge on any atom is -0.507 e. The summed E-state index contributed by atoms with van der Waals surface area (Å²) >= 11 is 0. The van der Waals surface area contributed by atoms with Crippen LogP contribution in [0.15, 0.2) is 35.9 Å². The molecular formula is C23H30O3. The van der Waals surface area contributed by atoms with Gasteiger partial charge >= 0.3 is 5.97 Å². The number of aromatic hydroxyl groups is 1. The number of phenolic OH excluding ortho intramolecular Hbond substituents is 1. The quantitative estimate of drug-likeness (QED) is 0.404. The Kier molecular flexibility index (Phi) is 5.80. The Morgan fingerprint density at radius 3 is 2.31 bits per heavy atom. The molecule has 2 aromatic carbocycles. The van der Waals surface area contributed by atoms with Gasteiger partial charge < -0.3 is 9.84 Å². The molecule has 2 aromatic rings. The van der Waals surface area contributed by atoms with Crippen molar-refractivity contribution in [3.8, 4) is 11.5 Å². The van der Waals surface area contributed by atoms with Crippen molar-refractivity contribution in [2.45, 2.75) is 60.3 Å². The molecule has 26 heavy (non-hydrogen) atoms. The van der Waals surface area contributed by atoms with E-state index in [4.69, 9.17) is 4.74 Å². The molecule has 0 amide bonds. The Morgan fingerprint density at radius 2 is 1.77 bits per heavy atom.